The maximum absolute atomic E-state index is 12.7. The topological polar surface area (TPSA) is 144 Å². The zero-order chi connectivity index (χ0) is 37.3. The predicted molar refractivity (Wildman–Crippen MR) is 209 cm³/mol. The molecule has 4 aromatic heterocycles. The van der Waals surface area contributed by atoms with Crippen LogP contribution in [0.3, 0.4) is 0 Å². The first-order valence-electron chi connectivity index (χ1n) is 17.7. The van der Waals surface area contributed by atoms with Crippen molar-refractivity contribution in [1.82, 2.24) is 35.6 Å². The molecule has 0 bridgehead atoms. The van der Waals surface area contributed by atoms with Crippen LogP contribution in [-0.2, 0) is 13.1 Å². The number of rotatable bonds is 12. The number of fused-ring (bicyclic) bond motifs is 2. The van der Waals surface area contributed by atoms with E-state index in [1.807, 2.05) is 62.7 Å². The lowest BCUT2D eigenvalue weighted by molar-refractivity contribution is 0.0937. The normalized spacial score (nSPS) is 13.4. The minimum absolute atomic E-state index is 0.284. The number of amides is 2. The van der Waals surface area contributed by atoms with Crippen LogP contribution in [0.25, 0.3) is 21.3 Å². The number of aromatic amines is 1. The van der Waals surface area contributed by atoms with Gasteiger partial charge in [-0.05, 0) is 92.0 Å². The van der Waals surface area contributed by atoms with E-state index in [2.05, 4.69) is 35.6 Å². The Morgan fingerprint density at radius 2 is 1.30 bits per heavy atom. The molecule has 8 rings (SSSR count). The Morgan fingerprint density at radius 1 is 0.774 bits per heavy atom. The van der Waals surface area contributed by atoms with Gasteiger partial charge in [-0.1, -0.05) is 49.2 Å². The molecule has 2 amide bonds. The number of aromatic nitrogens is 5. The van der Waals surface area contributed by atoms with Crippen molar-refractivity contribution in [3.05, 3.63) is 105 Å². The van der Waals surface area contributed by atoms with E-state index in [4.69, 9.17) is 32.7 Å². The first-order valence-corrected chi connectivity index (χ1v) is 19.3. The van der Waals surface area contributed by atoms with E-state index in [-0.39, 0.29) is 17.4 Å². The van der Waals surface area contributed by atoms with Crippen LogP contribution in [0, 0.1) is 18.8 Å². The third kappa shape index (κ3) is 10.2. The molecule has 2 aliphatic carbocycles. The number of carbonyl (C=O) groups excluding carboxylic acids is 2. The van der Waals surface area contributed by atoms with Gasteiger partial charge in [-0.2, -0.15) is 0 Å². The maximum atomic E-state index is 12.7. The zero-order valence-corrected chi connectivity index (χ0v) is 32.1. The molecule has 4 heterocycles. The average Bonchev–Trinajstić information content (AvgIpc) is 4.09. The van der Waals surface area contributed by atoms with Crippen molar-refractivity contribution in [3.63, 3.8) is 0 Å². The molecule has 276 valence electrons. The molecular weight excluding hydrogens is 733 g/mol. The lowest BCUT2D eigenvalue weighted by Gasteiger charge is -2.12. The number of carbonyl (C=O) groups is 2. The first kappa shape index (κ1) is 38.0. The number of imidazole rings is 1. The summed E-state index contributed by atoms with van der Waals surface area (Å²) in [6.07, 6.45) is 7.77. The minimum Gasteiger partial charge on any atom is -0.477 e. The fraction of sp³-hybridized carbons (Fsp3) is 0.333. The number of H-pyrrole nitrogens is 1. The molecule has 2 aliphatic rings. The molecule has 0 saturated heterocycles. The molecular formula is C39H41Cl2N7O4S. The summed E-state index contributed by atoms with van der Waals surface area (Å²) in [5, 5.41) is 6.47. The summed E-state index contributed by atoms with van der Waals surface area (Å²) in [6.45, 7) is 7.84. The predicted octanol–water partition coefficient (Wildman–Crippen LogP) is 8.73. The van der Waals surface area contributed by atoms with Gasteiger partial charge < -0.3 is 25.1 Å². The number of aryl methyl sites for hydroxylation is 1. The van der Waals surface area contributed by atoms with Crippen molar-refractivity contribution in [1.29, 1.82) is 0 Å². The standard InChI is InChI=1S/C19H19ClN4O2.C18H16ClN3O2S.C2H6/c1-11-23-15-5-4-13(8-16(15)24-11)9-22-18(25)17-14(20)6-7-21-19(17)26-10-12-2-3-12;19-13-5-6-20-18(24-9-11-1-2-11)16(13)17(23)21-8-12-3-4-14-15(7-12)25-10-22-14;1-2/h4-8,12H,2-3,9-10H2,1H3,(H,22,25)(H,23,24);3-7,10-11H,1-2,8-9H2,(H,21,23);1-2H3. The smallest absolute Gasteiger partial charge is 0.258 e. The van der Waals surface area contributed by atoms with E-state index in [0.29, 0.717) is 65.5 Å². The van der Waals surface area contributed by atoms with E-state index in [0.717, 1.165) is 51.0 Å². The Kier molecular flexibility index (Phi) is 12.8. The molecule has 6 aromatic rings. The van der Waals surface area contributed by atoms with Gasteiger partial charge in [-0.25, -0.2) is 19.9 Å². The number of nitrogens with zero attached hydrogens (tertiary/aromatic N) is 4. The van der Waals surface area contributed by atoms with Gasteiger partial charge >= 0.3 is 0 Å². The van der Waals surface area contributed by atoms with Crippen molar-refractivity contribution in [3.8, 4) is 11.8 Å². The Labute approximate surface area is 321 Å². The Balaban J connectivity index is 0.000000173. The Hall–Kier alpha value is -4.78. The van der Waals surface area contributed by atoms with Crippen LogP contribution in [0.2, 0.25) is 10.0 Å². The second-order valence-corrected chi connectivity index (χ2v) is 14.3. The molecule has 0 spiro atoms. The largest absolute Gasteiger partial charge is 0.477 e. The van der Waals surface area contributed by atoms with E-state index < -0.39 is 0 Å². The summed E-state index contributed by atoms with van der Waals surface area (Å²) in [6, 6.07) is 15.0. The number of benzene rings is 2. The lowest BCUT2D eigenvalue weighted by atomic mass is 10.2. The number of thiazole rings is 1. The van der Waals surface area contributed by atoms with Crippen LogP contribution in [0.4, 0.5) is 0 Å². The third-order valence-electron chi connectivity index (χ3n) is 8.46. The van der Waals surface area contributed by atoms with E-state index >= 15 is 0 Å². The van der Waals surface area contributed by atoms with Crippen LogP contribution in [0.1, 0.15) is 77.2 Å². The van der Waals surface area contributed by atoms with Gasteiger partial charge in [-0.15, -0.1) is 11.3 Å². The highest BCUT2D eigenvalue weighted by Crippen LogP contribution is 2.32. The lowest BCUT2D eigenvalue weighted by Crippen LogP contribution is -2.24. The van der Waals surface area contributed by atoms with Crippen molar-refractivity contribution in [2.45, 2.75) is 59.5 Å². The fourth-order valence-corrected chi connectivity index (χ4v) is 6.47. The van der Waals surface area contributed by atoms with Gasteiger partial charge in [0.2, 0.25) is 11.8 Å². The van der Waals surface area contributed by atoms with Crippen LogP contribution in [-0.4, -0.2) is 49.9 Å². The summed E-state index contributed by atoms with van der Waals surface area (Å²) >= 11 is 14.0. The summed E-state index contributed by atoms with van der Waals surface area (Å²) in [7, 11) is 0. The number of hydrogen-bond acceptors (Lipinski definition) is 9. The first-order chi connectivity index (χ1) is 25.8. The number of halogens is 2. The van der Waals surface area contributed by atoms with Gasteiger partial charge in [0.05, 0.1) is 50.0 Å². The van der Waals surface area contributed by atoms with Crippen molar-refractivity contribution >= 4 is 67.6 Å². The van der Waals surface area contributed by atoms with E-state index in [1.165, 1.54) is 12.8 Å². The SMILES string of the molecule is CC.Cc1nc2ccc(CNC(=O)c3c(Cl)ccnc3OCC3CC3)cc2[nH]1.O=C(NCc1ccc2ncsc2c1)c1c(Cl)ccnc1OCC1CC1. The number of nitrogens with one attached hydrogen (secondary N) is 3. The molecule has 11 nitrogen and oxygen atoms in total. The number of hydrogen-bond donors (Lipinski definition) is 3. The van der Waals surface area contributed by atoms with Crippen molar-refractivity contribution < 1.29 is 19.1 Å². The quantitative estimate of drug-likeness (QED) is 0.112. The molecule has 53 heavy (non-hydrogen) atoms. The average molecular weight is 775 g/mol. The van der Waals surface area contributed by atoms with Crippen LogP contribution < -0.4 is 20.1 Å². The van der Waals surface area contributed by atoms with Gasteiger partial charge in [0.1, 0.15) is 17.0 Å². The highest BCUT2D eigenvalue weighted by molar-refractivity contribution is 7.16. The zero-order valence-electron chi connectivity index (χ0n) is 29.7. The number of ether oxygens (including phenoxy) is 2. The van der Waals surface area contributed by atoms with Crippen LogP contribution >= 0.6 is 34.5 Å². The molecule has 2 aromatic carbocycles. The second kappa shape index (κ2) is 17.8. The summed E-state index contributed by atoms with van der Waals surface area (Å²) in [5.41, 5.74) is 7.18. The van der Waals surface area contributed by atoms with Crippen molar-refractivity contribution in [2.24, 2.45) is 11.8 Å². The molecule has 2 fully saturated rings. The fourth-order valence-electron chi connectivity index (χ4n) is 5.28. The molecule has 3 N–H and O–H groups in total. The van der Waals surface area contributed by atoms with Gasteiger partial charge in [0, 0.05) is 25.5 Å². The molecule has 0 aliphatic heterocycles. The molecule has 2 saturated carbocycles. The second-order valence-electron chi connectivity index (χ2n) is 12.6. The van der Waals surface area contributed by atoms with E-state index in [1.54, 1.807) is 35.9 Å². The Morgan fingerprint density at radius 3 is 1.85 bits per heavy atom. The Bertz CT molecular complexity index is 2200. The molecule has 0 radical (unpaired) electrons. The number of pyridine rings is 2. The van der Waals surface area contributed by atoms with Gasteiger partial charge in [-0.3, -0.25) is 9.59 Å². The monoisotopic (exact) mass is 773 g/mol. The highest BCUT2D eigenvalue weighted by atomic mass is 35.5. The maximum Gasteiger partial charge on any atom is 0.258 e. The summed E-state index contributed by atoms with van der Waals surface area (Å²) in [5.74, 6) is 2.01. The summed E-state index contributed by atoms with van der Waals surface area (Å²) in [4.78, 5) is 45.4. The minimum atomic E-state index is -0.296. The molecule has 0 atom stereocenters. The summed E-state index contributed by atoms with van der Waals surface area (Å²) < 4.78 is 12.5. The van der Waals surface area contributed by atoms with Crippen LogP contribution in [0.5, 0.6) is 11.8 Å². The van der Waals surface area contributed by atoms with E-state index in [9.17, 15) is 9.59 Å². The van der Waals surface area contributed by atoms with Crippen LogP contribution in [0.15, 0.2) is 66.4 Å². The van der Waals surface area contributed by atoms with Gasteiger partial charge in [0.25, 0.3) is 11.8 Å². The molecule has 14 heteroatoms. The highest BCUT2D eigenvalue weighted by Gasteiger charge is 2.26. The van der Waals surface area contributed by atoms with Crippen molar-refractivity contribution in [2.75, 3.05) is 13.2 Å². The van der Waals surface area contributed by atoms with Gasteiger partial charge in [0.15, 0.2) is 0 Å². The molecule has 0 unspecified atom stereocenters. The third-order valence-corrected chi connectivity index (χ3v) is 9.88.